The van der Waals surface area contributed by atoms with Crippen molar-refractivity contribution >= 4 is 39.6 Å². The number of pyridine rings is 2. The van der Waals surface area contributed by atoms with E-state index in [9.17, 15) is 23.1 Å². The lowest BCUT2D eigenvalue weighted by Crippen LogP contribution is -2.48. The normalized spacial score (nSPS) is 19.1. The monoisotopic (exact) mass is 489 g/mol. The Morgan fingerprint density at radius 3 is 2.66 bits per heavy atom. The second-order valence-corrected chi connectivity index (χ2v) is 9.96. The minimum absolute atomic E-state index is 0. The standard InChI is InChI=1S/C20H24FN3O6S.ClH/c1-11-17-14(12-3-4-12)7-15(20(26)27)19(25)24(17)10-16(21)18(11)23-5-6-30-13(9-23)8-22-31(2,28)29;/h7,10,12-13,22H,3-6,8-9H2,1-2H3,(H,26,27);1H. The zero-order chi connectivity index (χ0) is 22.5. The van der Waals surface area contributed by atoms with Gasteiger partial charge in [-0.1, -0.05) is 0 Å². The summed E-state index contributed by atoms with van der Waals surface area (Å²) >= 11 is 0. The molecule has 2 aliphatic rings. The Kier molecular flexibility index (Phi) is 6.85. The fourth-order valence-electron chi connectivity index (χ4n) is 4.18. The highest BCUT2D eigenvalue weighted by molar-refractivity contribution is 7.88. The second kappa shape index (κ2) is 8.97. The molecule has 2 fully saturated rings. The third-order valence-corrected chi connectivity index (χ3v) is 6.41. The van der Waals surface area contributed by atoms with Gasteiger partial charge in [-0.3, -0.25) is 9.20 Å². The van der Waals surface area contributed by atoms with Gasteiger partial charge in [0.05, 0.1) is 36.4 Å². The lowest BCUT2D eigenvalue weighted by atomic mass is 10.0. The number of hydrogen-bond acceptors (Lipinski definition) is 6. The summed E-state index contributed by atoms with van der Waals surface area (Å²) in [7, 11) is -3.38. The summed E-state index contributed by atoms with van der Waals surface area (Å²) in [5, 5.41) is 9.41. The number of aromatic nitrogens is 1. The highest BCUT2D eigenvalue weighted by atomic mass is 35.5. The van der Waals surface area contributed by atoms with Gasteiger partial charge in [0.2, 0.25) is 10.0 Å². The summed E-state index contributed by atoms with van der Waals surface area (Å²) < 4.78 is 47.1. The highest BCUT2D eigenvalue weighted by Crippen LogP contribution is 2.44. The molecule has 0 radical (unpaired) electrons. The molecule has 0 spiro atoms. The number of aryl methyl sites for hydroxylation is 1. The van der Waals surface area contributed by atoms with E-state index in [-0.39, 0.29) is 37.0 Å². The van der Waals surface area contributed by atoms with Crippen LogP contribution in [0, 0.1) is 12.7 Å². The average Bonchev–Trinajstić information content (AvgIpc) is 3.52. The molecule has 32 heavy (non-hydrogen) atoms. The number of carbonyl (C=O) groups is 1. The van der Waals surface area contributed by atoms with Crippen LogP contribution in [0.2, 0.25) is 0 Å². The fourth-order valence-corrected chi connectivity index (χ4v) is 4.67. The molecule has 2 N–H and O–H groups in total. The van der Waals surface area contributed by atoms with E-state index in [2.05, 4.69) is 4.72 Å². The molecule has 9 nitrogen and oxygen atoms in total. The molecule has 0 bridgehead atoms. The lowest BCUT2D eigenvalue weighted by Gasteiger charge is -2.36. The number of aromatic carboxylic acids is 1. The number of carboxylic acid groups (broad SMARTS) is 1. The van der Waals surface area contributed by atoms with E-state index < -0.39 is 33.5 Å². The minimum atomic E-state index is -3.38. The molecule has 4 rings (SSSR count). The van der Waals surface area contributed by atoms with Gasteiger partial charge in [-0.05, 0) is 42.9 Å². The van der Waals surface area contributed by atoms with Crippen molar-refractivity contribution in [1.82, 2.24) is 9.12 Å². The molecule has 0 amide bonds. The van der Waals surface area contributed by atoms with Crippen molar-refractivity contribution in [2.24, 2.45) is 0 Å². The van der Waals surface area contributed by atoms with Crippen molar-refractivity contribution in [2.45, 2.75) is 31.8 Å². The van der Waals surface area contributed by atoms with Crippen LogP contribution in [0.25, 0.3) is 5.52 Å². The first kappa shape index (κ1) is 24.4. The van der Waals surface area contributed by atoms with Crippen molar-refractivity contribution in [3.63, 3.8) is 0 Å². The Bertz CT molecular complexity index is 1230. The van der Waals surface area contributed by atoms with Crippen LogP contribution < -0.4 is 15.2 Å². The van der Waals surface area contributed by atoms with Gasteiger partial charge in [0.15, 0.2) is 5.82 Å². The molecular formula is C20H25ClFN3O6S. The predicted molar refractivity (Wildman–Crippen MR) is 119 cm³/mol. The summed E-state index contributed by atoms with van der Waals surface area (Å²) in [6, 6.07) is 1.42. The van der Waals surface area contributed by atoms with Crippen LogP contribution in [0.3, 0.4) is 0 Å². The number of morpholine rings is 1. The van der Waals surface area contributed by atoms with E-state index in [4.69, 9.17) is 4.74 Å². The fraction of sp³-hybridized carbons (Fsp3) is 0.500. The number of sulfonamides is 1. The van der Waals surface area contributed by atoms with Crippen LogP contribution in [0.15, 0.2) is 17.1 Å². The van der Waals surface area contributed by atoms with E-state index in [1.807, 2.05) is 0 Å². The molecule has 1 unspecified atom stereocenters. The summed E-state index contributed by atoms with van der Waals surface area (Å²) in [5.41, 5.74) is 0.997. The van der Waals surface area contributed by atoms with Crippen LogP contribution in [0.5, 0.6) is 0 Å². The quantitative estimate of drug-likeness (QED) is 0.631. The maximum absolute atomic E-state index is 15.2. The summed E-state index contributed by atoms with van der Waals surface area (Å²) in [5.74, 6) is -1.84. The van der Waals surface area contributed by atoms with Crippen molar-refractivity contribution in [3.05, 3.63) is 45.1 Å². The second-order valence-electron chi connectivity index (χ2n) is 8.13. The topological polar surface area (TPSA) is 117 Å². The van der Waals surface area contributed by atoms with E-state index in [1.54, 1.807) is 11.8 Å². The van der Waals surface area contributed by atoms with Crippen LogP contribution in [0.1, 0.15) is 40.2 Å². The maximum atomic E-state index is 15.2. The van der Waals surface area contributed by atoms with Gasteiger partial charge < -0.3 is 14.7 Å². The number of halogens is 2. The van der Waals surface area contributed by atoms with Gasteiger partial charge in [-0.25, -0.2) is 22.3 Å². The third kappa shape index (κ3) is 4.75. The number of nitrogens with zero attached hydrogens (tertiary/aromatic N) is 2. The molecule has 1 atom stereocenters. The first-order valence-corrected chi connectivity index (χ1v) is 11.9. The minimum Gasteiger partial charge on any atom is -0.477 e. The average molecular weight is 490 g/mol. The molecule has 1 aliphatic carbocycles. The van der Waals surface area contributed by atoms with Crippen LogP contribution in [0.4, 0.5) is 10.1 Å². The number of carboxylic acids is 1. The smallest absolute Gasteiger partial charge is 0.341 e. The van der Waals surface area contributed by atoms with E-state index >= 15 is 4.39 Å². The van der Waals surface area contributed by atoms with Gasteiger partial charge >= 0.3 is 5.97 Å². The molecule has 176 valence electrons. The van der Waals surface area contributed by atoms with E-state index in [0.717, 1.165) is 35.3 Å². The maximum Gasteiger partial charge on any atom is 0.341 e. The van der Waals surface area contributed by atoms with Crippen molar-refractivity contribution in [2.75, 3.05) is 37.4 Å². The van der Waals surface area contributed by atoms with Gasteiger partial charge in [-0.2, -0.15) is 0 Å². The molecule has 1 saturated carbocycles. The molecule has 0 aromatic carbocycles. The first-order chi connectivity index (χ1) is 14.6. The number of fused-ring (bicyclic) bond motifs is 1. The SMILES string of the molecule is Cc1c(N2CCOC(CNS(C)(=O)=O)C2)c(F)cn2c(=O)c(C(=O)O)cc(C3CC3)c12.Cl. The Labute approximate surface area is 190 Å². The van der Waals surface area contributed by atoms with Crippen molar-refractivity contribution < 1.29 is 27.4 Å². The zero-order valence-electron chi connectivity index (χ0n) is 17.6. The number of hydrogen-bond donors (Lipinski definition) is 2. The van der Waals surface area contributed by atoms with E-state index in [0.29, 0.717) is 29.9 Å². The number of ether oxygens (including phenoxy) is 1. The summed E-state index contributed by atoms with van der Waals surface area (Å²) in [6.07, 6.45) is 3.42. The Hall–Kier alpha value is -2.21. The molecule has 2 aromatic rings. The predicted octanol–water partition coefficient (Wildman–Crippen LogP) is 1.50. The lowest BCUT2D eigenvalue weighted by molar-refractivity contribution is 0.0440. The molecule has 2 aromatic heterocycles. The summed E-state index contributed by atoms with van der Waals surface area (Å²) in [6.45, 7) is 2.75. The molecule has 1 saturated heterocycles. The molecular weight excluding hydrogens is 465 g/mol. The first-order valence-electron chi connectivity index (χ1n) is 9.99. The van der Waals surface area contributed by atoms with Crippen LogP contribution in [-0.4, -0.2) is 62.5 Å². The van der Waals surface area contributed by atoms with Gasteiger partial charge in [0.1, 0.15) is 5.56 Å². The number of rotatable bonds is 6. The largest absolute Gasteiger partial charge is 0.477 e. The molecule has 1 aliphatic heterocycles. The van der Waals surface area contributed by atoms with Crippen molar-refractivity contribution in [1.29, 1.82) is 0 Å². The number of nitrogens with one attached hydrogen (secondary N) is 1. The van der Waals surface area contributed by atoms with Gasteiger partial charge in [0.25, 0.3) is 5.56 Å². The van der Waals surface area contributed by atoms with E-state index in [1.165, 1.54) is 6.07 Å². The van der Waals surface area contributed by atoms with Crippen molar-refractivity contribution in [3.8, 4) is 0 Å². The third-order valence-electron chi connectivity index (χ3n) is 5.72. The molecule has 12 heteroatoms. The highest BCUT2D eigenvalue weighted by Gasteiger charge is 2.32. The Morgan fingerprint density at radius 1 is 1.38 bits per heavy atom. The zero-order valence-corrected chi connectivity index (χ0v) is 19.3. The summed E-state index contributed by atoms with van der Waals surface area (Å²) in [4.78, 5) is 26.0. The van der Waals surface area contributed by atoms with Gasteiger partial charge in [0, 0.05) is 19.6 Å². The Balaban J connectivity index is 0.00000289. The molecule has 3 heterocycles. The van der Waals surface area contributed by atoms with Crippen LogP contribution in [-0.2, 0) is 14.8 Å². The number of anilines is 1. The van der Waals surface area contributed by atoms with Crippen LogP contribution >= 0.6 is 12.4 Å². The Morgan fingerprint density at radius 2 is 2.06 bits per heavy atom. The van der Waals surface area contributed by atoms with Gasteiger partial charge in [-0.15, -0.1) is 12.4 Å².